The smallest absolute Gasteiger partial charge is 0.407 e. The highest BCUT2D eigenvalue weighted by atomic mass is 19.1. The van der Waals surface area contributed by atoms with Crippen molar-refractivity contribution in [3.8, 4) is 5.75 Å². The van der Waals surface area contributed by atoms with E-state index in [1.807, 2.05) is 44.0 Å². The molecule has 36 heavy (non-hydrogen) atoms. The fraction of sp³-hybridized carbons (Fsp3) is 0.346. The Kier molecular flexibility index (Phi) is 7.54. The largest absolute Gasteiger partial charge is 0.491 e. The van der Waals surface area contributed by atoms with E-state index in [9.17, 15) is 14.3 Å². The maximum atomic E-state index is 13.4. The van der Waals surface area contributed by atoms with Gasteiger partial charge in [0.25, 0.3) is 0 Å². The van der Waals surface area contributed by atoms with E-state index in [2.05, 4.69) is 15.5 Å². The highest BCUT2D eigenvalue weighted by molar-refractivity contribution is 6.14. The van der Waals surface area contributed by atoms with E-state index in [0.29, 0.717) is 47.9 Å². The van der Waals surface area contributed by atoms with Gasteiger partial charge in [0, 0.05) is 25.4 Å². The maximum Gasteiger partial charge on any atom is 0.407 e. The van der Waals surface area contributed by atoms with E-state index in [4.69, 9.17) is 14.0 Å². The Morgan fingerprint density at radius 3 is 2.72 bits per heavy atom. The number of rotatable bonds is 8. The fourth-order valence-corrected chi connectivity index (χ4v) is 3.52. The van der Waals surface area contributed by atoms with Gasteiger partial charge < -0.3 is 29.3 Å². The standard InChI is InChI=1S/C26H29FN4O5/c1-26(2,3)35-25(33)28-13-17-4-7-20(8-5-17)34-15-19(32)14-31-11-10-22(29-16-31)24-21-9-6-18(27)12-23(21)36-30-24/h4-12,19,32H,13-16H2,1-3H3,(H,28,33). The Labute approximate surface area is 208 Å². The summed E-state index contributed by atoms with van der Waals surface area (Å²) in [6.45, 7) is 6.53. The molecule has 1 unspecified atom stereocenters. The molecule has 2 heterocycles. The molecule has 0 radical (unpaired) electrons. The zero-order chi connectivity index (χ0) is 25.7. The number of aromatic nitrogens is 1. The summed E-state index contributed by atoms with van der Waals surface area (Å²) in [7, 11) is 0. The van der Waals surface area contributed by atoms with Crippen LogP contribution in [0.4, 0.5) is 9.18 Å². The lowest BCUT2D eigenvalue weighted by Gasteiger charge is -2.24. The Morgan fingerprint density at radius 2 is 2.03 bits per heavy atom. The van der Waals surface area contributed by atoms with Crippen LogP contribution in [-0.4, -0.2) is 58.5 Å². The molecular formula is C26H29FN4O5. The monoisotopic (exact) mass is 496 g/mol. The second-order valence-corrected chi connectivity index (χ2v) is 9.41. The molecule has 1 amide bonds. The molecule has 0 bridgehead atoms. The normalized spacial score (nSPS) is 14.5. The number of hydrogen-bond donors (Lipinski definition) is 2. The number of carbonyl (C=O) groups excluding carboxylic acids is 1. The van der Waals surface area contributed by atoms with Gasteiger partial charge in [0.15, 0.2) is 5.58 Å². The third-order valence-electron chi connectivity index (χ3n) is 5.19. The van der Waals surface area contributed by atoms with Crippen molar-refractivity contribution in [2.75, 3.05) is 19.8 Å². The van der Waals surface area contributed by atoms with Gasteiger partial charge in [-0.2, -0.15) is 0 Å². The van der Waals surface area contributed by atoms with Gasteiger partial charge in [0.2, 0.25) is 0 Å². The van der Waals surface area contributed by atoms with E-state index < -0.39 is 17.8 Å². The number of fused-ring (bicyclic) bond motifs is 1. The Bertz CT molecular complexity index is 1260. The number of carbonyl (C=O) groups is 1. The van der Waals surface area contributed by atoms with E-state index in [1.165, 1.54) is 12.1 Å². The first-order chi connectivity index (χ1) is 17.2. The Hall–Kier alpha value is -3.92. The molecule has 9 nitrogen and oxygen atoms in total. The number of β-amino-alcohol motifs (C(OH)–C–C–N with tert-alkyl or cyclic N) is 1. The fourth-order valence-electron chi connectivity index (χ4n) is 3.52. The Morgan fingerprint density at radius 1 is 1.25 bits per heavy atom. The first-order valence-corrected chi connectivity index (χ1v) is 11.5. The van der Waals surface area contributed by atoms with Gasteiger partial charge in [-0.1, -0.05) is 17.3 Å². The number of benzene rings is 2. The summed E-state index contributed by atoms with van der Waals surface area (Å²) in [5.74, 6) is 0.221. The highest BCUT2D eigenvalue weighted by Gasteiger charge is 2.18. The molecule has 1 atom stereocenters. The minimum atomic E-state index is -0.740. The summed E-state index contributed by atoms with van der Waals surface area (Å²) >= 11 is 0. The molecular weight excluding hydrogens is 467 g/mol. The molecule has 1 aliphatic rings. The molecule has 0 spiro atoms. The van der Waals surface area contributed by atoms with Crippen LogP contribution in [0.1, 0.15) is 32.0 Å². The van der Waals surface area contributed by atoms with Crippen LogP contribution in [0.2, 0.25) is 0 Å². The van der Waals surface area contributed by atoms with Gasteiger partial charge in [0.1, 0.15) is 42.2 Å². The molecule has 0 saturated carbocycles. The third-order valence-corrected chi connectivity index (χ3v) is 5.19. The summed E-state index contributed by atoms with van der Waals surface area (Å²) in [5, 5.41) is 17.8. The van der Waals surface area contributed by atoms with Crippen LogP contribution in [0.3, 0.4) is 0 Å². The minimum Gasteiger partial charge on any atom is -0.491 e. The summed E-state index contributed by atoms with van der Waals surface area (Å²) in [6, 6.07) is 11.5. The zero-order valence-electron chi connectivity index (χ0n) is 20.4. The lowest BCUT2D eigenvalue weighted by Crippen LogP contribution is -2.34. The number of aliphatic imine (C=N–C) groups is 1. The number of hydrogen-bond acceptors (Lipinski definition) is 8. The van der Waals surface area contributed by atoms with Crippen molar-refractivity contribution in [1.29, 1.82) is 0 Å². The predicted octanol–water partition coefficient (Wildman–Crippen LogP) is 4.01. The SMILES string of the molecule is CC(C)(C)OC(=O)NCc1ccc(OCC(O)CN2C=CC(c3noc4cc(F)ccc34)=NC2)cc1. The molecule has 10 heteroatoms. The number of aliphatic hydroxyl groups is 1. The maximum absolute atomic E-state index is 13.4. The average Bonchev–Trinajstić information content (AvgIpc) is 3.24. The molecule has 190 valence electrons. The lowest BCUT2D eigenvalue weighted by molar-refractivity contribution is 0.0523. The number of nitrogens with zero attached hydrogens (tertiary/aromatic N) is 3. The summed E-state index contributed by atoms with van der Waals surface area (Å²) in [5.41, 5.74) is 1.89. The molecule has 2 N–H and O–H groups in total. The first-order valence-electron chi connectivity index (χ1n) is 11.5. The van der Waals surface area contributed by atoms with Crippen LogP contribution >= 0.6 is 0 Å². The van der Waals surface area contributed by atoms with Crippen molar-refractivity contribution in [2.24, 2.45) is 4.99 Å². The number of alkyl carbamates (subject to hydrolysis) is 1. The molecule has 1 aliphatic heterocycles. The van der Waals surface area contributed by atoms with Gasteiger partial charge in [-0.3, -0.25) is 4.99 Å². The van der Waals surface area contributed by atoms with Gasteiger partial charge in [-0.05, 0) is 56.7 Å². The molecule has 3 aromatic rings. The van der Waals surface area contributed by atoms with E-state index in [1.54, 1.807) is 24.3 Å². The van der Waals surface area contributed by atoms with Crippen LogP contribution < -0.4 is 10.1 Å². The molecule has 2 aromatic carbocycles. The van der Waals surface area contributed by atoms with E-state index in [0.717, 1.165) is 5.56 Å². The topological polar surface area (TPSA) is 109 Å². The van der Waals surface area contributed by atoms with Gasteiger partial charge in [-0.25, -0.2) is 9.18 Å². The second-order valence-electron chi connectivity index (χ2n) is 9.41. The number of halogens is 1. The average molecular weight is 497 g/mol. The van der Waals surface area contributed by atoms with Crippen molar-refractivity contribution in [3.05, 3.63) is 71.8 Å². The first kappa shape index (κ1) is 25.2. The van der Waals surface area contributed by atoms with Crippen LogP contribution in [0.5, 0.6) is 5.75 Å². The van der Waals surface area contributed by atoms with Crippen LogP contribution in [0.15, 0.2) is 64.3 Å². The van der Waals surface area contributed by atoms with Crippen molar-refractivity contribution in [2.45, 2.75) is 39.0 Å². The quantitative estimate of drug-likeness (QED) is 0.485. The Balaban J connectivity index is 1.21. The molecule has 0 aliphatic carbocycles. The van der Waals surface area contributed by atoms with Crippen LogP contribution in [0.25, 0.3) is 11.0 Å². The van der Waals surface area contributed by atoms with Crippen molar-refractivity contribution < 1.29 is 28.3 Å². The summed E-state index contributed by atoms with van der Waals surface area (Å²) in [6.07, 6.45) is 2.39. The minimum absolute atomic E-state index is 0.107. The van der Waals surface area contributed by atoms with Crippen molar-refractivity contribution in [3.63, 3.8) is 0 Å². The van der Waals surface area contributed by atoms with Gasteiger partial charge in [-0.15, -0.1) is 0 Å². The lowest BCUT2D eigenvalue weighted by atomic mass is 10.1. The molecule has 1 aromatic heterocycles. The molecule has 0 saturated heterocycles. The third kappa shape index (κ3) is 6.82. The van der Waals surface area contributed by atoms with Crippen LogP contribution in [-0.2, 0) is 11.3 Å². The summed E-state index contributed by atoms with van der Waals surface area (Å²) in [4.78, 5) is 18.1. The molecule has 0 fully saturated rings. The molecule has 4 rings (SSSR count). The van der Waals surface area contributed by atoms with Crippen molar-refractivity contribution >= 4 is 22.8 Å². The zero-order valence-corrected chi connectivity index (χ0v) is 20.4. The van der Waals surface area contributed by atoms with Gasteiger partial charge in [0.05, 0.1) is 11.1 Å². The number of ether oxygens (including phenoxy) is 2. The van der Waals surface area contributed by atoms with E-state index in [-0.39, 0.29) is 12.4 Å². The number of amides is 1. The summed E-state index contributed by atoms with van der Waals surface area (Å²) < 4.78 is 29.5. The second kappa shape index (κ2) is 10.8. The van der Waals surface area contributed by atoms with Crippen LogP contribution in [0, 0.1) is 5.82 Å². The van der Waals surface area contributed by atoms with E-state index >= 15 is 0 Å². The van der Waals surface area contributed by atoms with Crippen molar-refractivity contribution in [1.82, 2.24) is 15.4 Å². The number of nitrogens with one attached hydrogen (secondary N) is 1. The van der Waals surface area contributed by atoms with Gasteiger partial charge >= 0.3 is 6.09 Å². The number of allylic oxidation sites excluding steroid dienone is 1. The predicted molar refractivity (Wildman–Crippen MR) is 132 cm³/mol. The number of aliphatic hydroxyl groups excluding tert-OH is 1. The highest BCUT2D eigenvalue weighted by Crippen LogP contribution is 2.21.